The Labute approximate surface area is 60.1 Å². The first kappa shape index (κ1) is 8.17. The summed E-state index contributed by atoms with van der Waals surface area (Å²) in [5.41, 5.74) is 0. The first-order chi connectivity index (χ1) is 4.26. The Kier molecular flexibility index (Phi) is 3.71. The fraction of sp³-hybridized carbons (Fsp3) is 0. The first-order valence-corrected chi connectivity index (χ1v) is 2.70. The fourth-order valence-corrected chi connectivity index (χ4v) is 0.445. The van der Waals surface area contributed by atoms with Gasteiger partial charge in [-0.15, -0.1) is 12.6 Å². The molecule has 0 aliphatic rings. The van der Waals surface area contributed by atoms with E-state index in [1.54, 1.807) is 0 Å². The molecule has 3 heteroatoms. The molecule has 9 heavy (non-hydrogen) atoms. The molecule has 0 amide bonds. The van der Waals surface area contributed by atoms with Crippen molar-refractivity contribution in [2.75, 3.05) is 0 Å². The molecule has 0 radical (unpaired) electrons. The fourth-order valence-electron chi connectivity index (χ4n) is 0.303. The van der Waals surface area contributed by atoms with Crippen LogP contribution in [0.15, 0.2) is 33.4 Å². The smallest absolute Gasteiger partial charge is 0.164 e. The van der Waals surface area contributed by atoms with Crippen LogP contribution in [0.2, 0.25) is 0 Å². The van der Waals surface area contributed by atoms with Gasteiger partial charge in [0.05, 0.1) is 0 Å². The molecule has 0 heterocycles. The first-order valence-electron chi connectivity index (χ1n) is 2.25. The maximum atomic E-state index is 3.98. The predicted molar refractivity (Wildman–Crippen MR) is 45.3 cm³/mol. The van der Waals surface area contributed by atoms with Gasteiger partial charge in [-0.3, -0.25) is 0 Å². The summed E-state index contributed by atoms with van der Waals surface area (Å²) in [5.74, 6) is 0.410. The molecule has 0 aliphatic heterocycles. The quantitative estimate of drug-likeness (QED) is 0.350. The number of hydrogen-bond acceptors (Lipinski definition) is 3. The number of aliphatic imine (C=N–C) groups is 2. The summed E-state index contributed by atoms with van der Waals surface area (Å²) in [6, 6.07) is 0. The van der Waals surface area contributed by atoms with Crippen LogP contribution >= 0.6 is 12.6 Å². The SMILES string of the molecule is C=CC(S)=C(N=C)N=C. The average molecular weight is 140 g/mol. The summed E-state index contributed by atoms with van der Waals surface area (Å²) in [4.78, 5) is 7.64. The highest BCUT2D eigenvalue weighted by atomic mass is 32.1. The van der Waals surface area contributed by atoms with Crippen molar-refractivity contribution in [3.05, 3.63) is 23.4 Å². The molecule has 0 fully saturated rings. The Morgan fingerprint density at radius 2 is 1.78 bits per heavy atom. The monoisotopic (exact) mass is 140 g/mol. The number of nitrogens with zero attached hydrogens (tertiary/aromatic N) is 2. The Balaban J connectivity index is 4.56. The number of hydrogen-bond donors (Lipinski definition) is 1. The average Bonchev–Trinajstić information content (AvgIpc) is 1.90. The molecule has 48 valence electrons. The maximum Gasteiger partial charge on any atom is 0.164 e. The van der Waals surface area contributed by atoms with Crippen LogP contribution < -0.4 is 0 Å². The van der Waals surface area contributed by atoms with E-state index in [9.17, 15) is 0 Å². The van der Waals surface area contributed by atoms with E-state index in [-0.39, 0.29) is 0 Å². The molecule has 0 rings (SSSR count). The zero-order chi connectivity index (χ0) is 7.28. The molecule has 0 saturated heterocycles. The lowest BCUT2D eigenvalue weighted by molar-refractivity contribution is 1.26. The van der Waals surface area contributed by atoms with Crippen molar-refractivity contribution in [1.82, 2.24) is 0 Å². The van der Waals surface area contributed by atoms with Gasteiger partial charge >= 0.3 is 0 Å². The summed E-state index contributed by atoms with van der Waals surface area (Å²) in [6.07, 6.45) is 1.53. The zero-order valence-electron chi connectivity index (χ0n) is 5.04. The summed E-state index contributed by atoms with van der Waals surface area (Å²) in [7, 11) is 0. The summed E-state index contributed by atoms with van der Waals surface area (Å²) < 4.78 is 0. The summed E-state index contributed by atoms with van der Waals surface area (Å²) >= 11 is 3.98. The van der Waals surface area contributed by atoms with Gasteiger partial charge in [0.15, 0.2) is 5.82 Å². The zero-order valence-corrected chi connectivity index (χ0v) is 5.93. The molecule has 0 saturated carbocycles. The molecule has 0 N–H and O–H groups in total. The number of allylic oxidation sites excluding steroid dienone is 1. The van der Waals surface area contributed by atoms with E-state index in [4.69, 9.17) is 0 Å². The molecule has 0 bridgehead atoms. The van der Waals surface area contributed by atoms with Gasteiger partial charge in [0.1, 0.15) is 0 Å². The van der Waals surface area contributed by atoms with Crippen molar-refractivity contribution in [2.45, 2.75) is 0 Å². The third-order valence-corrected chi connectivity index (χ3v) is 1.10. The summed E-state index contributed by atoms with van der Waals surface area (Å²) in [5, 5.41) is 0. The molecule has 0 unspecified atom stereocenters. The van der Waals surface area contributed by atoms with Crippen molar-refractivity contribution >= 4 is 26.1 Å². The van der Waals surface area contributed by atoms with Crippen LogP contribution in [-0.4, -0.2) is 13.4 Å². The Morgan fingerprint density at radius 3 is 1.89 bits per heavy atom. The van der Waals surface area contributed by atoms with Gasteiger partial charge in [-0.05, 0) is 13.4 Å². The maximum absolute atomic E-state index is 3.98. The Hall–Kier alpha value is -0.830. The van der Waals surface area contributed by atoms with Gasteiger partial charge in [-0.25, -0.2) is 9.98 Å². The number of thiol groups is 1. The molecule has 0 atom stereocenters. The third-order valence-electron chi connectivity index (χ3n) is 0.722. The van der Waals surface area contributed by atoms with Crippen molar-refractivity contribution < 1.29 is 0 Å². The normalized spacial score (nSPS) is 7.67. The second-order valence-electron chi connectivity index (χ2n) is 1.23. The van der Waals surface area contributed by atoms with Crippen LogP contribution in [-0.2, 0) is 0 Å². The molecule has 0 aliphatic carbocycles. The van der Waals surface area contributed by atoms with Gasteiger partial charge in [0.25, 0.3) is 0 Å². The van der Waals surface area contributed by atoms with E-state index in [1.165, 1.54) is 6.08 Å². The van der Waals surface area contributed by atoms with Crippen molar-refractivity contribution in [1.29, 1.82) is 0 Å². The minimum atomic E-state index is 0.410. The lowest BCUT2D eigenvalue weighted by Gasteiger charge is -1.91. The Bertz CT molecular complexity index is 160. The van der Waals surface area contributed by atoms with Gasteiger partial charge in [-0.1, -0.05) is 12.7 Å². The molecule has 0 aromatic carbocycles. The highest BCUT2D eigenvalue weighted by molar-refractivity contribution is 7.84. The van der Waals surface area contributed by atoms with Gasteiger partial charge in [-0.2, -0.15) is 0 Å². The number of rotatable bonds is 3. The molecule has 0 aromatic heterocycles. The molecular formula is C6H8N2S. The molecule has 0 aromatic rings. The van der Waals surface area contributed by atoms with E-state index in [1.807, 2.05) is 0 Å². The molecule has 0 spiro atoms. The van der Waals surface area contributed by atoms with Crippen molar-refractivity contribution in [3.8, 4) is 0 Å². The van der Waals surface area contributed by atoms with Gasteiger partial charge in [0, 0.05) is 4.91 Å². The van der Waals surface area contributed by atoms with Crippen molar-refractivity contribution in [3.63, 3.8) is 0 Å². The van der Waals surface area contributed by atoms with Crippen LogP contribution in [0.1, 0.15) is 0 Å². The van der Waals surface area contributed by atoms with E-state index in [0.717, 1.165) is 0 Å². The Morgan fingerprint density at radius 1 is 1.33 bits per heavy atom. The predicted octanol–water partition coefficient (Wildman–Crippen LogP) is 1.67. The lowest BCUT2D eigenvalue weighted by Crippen LogP contribution is -1.72. The second kappa shape index (κ2) is 4.09. The highest BCUT2D eigenvalue weighted by Crippen LogP contribution is 2.10. The minimum absolute atomic E-state index is 0.410. The van der Waals surface area contributed by atoms with E-state index in [0.29, 0.717) is 10.7 Å². The van der Waals surface area contributed by atoms with Crippen molar-refractivity contribution in [2.24, 2.45) is 9.98 Å². The van der Waals surface area contributed by atoms with Crippen LogP contribution in [0.3, 0.4) is 0 Å². The van der Waals surface area contributed by atoms with Gasteiger partial charge in [0.2, 0.25) is 0 Å². The van der Waals surface area contributed by atoms with E-state index in [2.05, 4.69) is 42.6 Å². The molecule has 2 nitrogen and oxygen atoms in total. The van der Waals surface area contributed by atoms with Gasteiger partial charge < -0.3 is 0 Å². The lowest BCUT2D eigenvalue weighted by atomic mass is 10.5. The third kappa shape index (κ3) is 2.28. The van der Waals surface area contributed by atoms with Crippen LogP contribution in [0, 0.1) is 0 Å². The topological polar surface area (TPSA) is 24.7 Å². The van der Waals surface area contributed by atoms with E-state index < -0.39 is 0 Å². The van der Waals surface area contributed by atoms with Crippen LogP contribution in [0.5, 0.6) is 0 Å². The molecular weight excluding hydrogens is 132 g/mol. The summed E-state index contributed by atoms with van der Waals surface area (Å²) in [6.45, 7) is 9.99. The standard InChI is InChI=1S/C6H8N2S/c1-4-5(9)6(7-2)8-3/h4,9H,1-3H2. The minimum Gasteiger partial charge on any atom is -0.244 e. The van der Waals surface area contributed by atoms with E-state index >= 15 is 0 Å². The van der Waals surface area contributed by atoms with Crippen LogP contribution in [0.4, 0.5) is 0 Å². The second-order valence-corrected chi connectivity index (χ2v) is 1.71. The largest absolute Gasteiger partial charge is 0.244 e. The van der Waals surface area contributed by atoms with Crippen LogP contribution in [0.25, 0.3) is 0 Å². The highest BCUT2D eigenvalue weighted by Gasteiger charge is 1.89.